The van der Waals surface area contributed by atoms with Crippen LogP contribution in [0.15, 0.2) is 29.7 Å². The molecule has 3 heterocycles. The molecule has 0 saturated carbocycles. The molecule has 3 N–H and O–H groups in total. The Morgan fingerprint density at radius 3 is 2.90 bits per heavy atom. The summed E-state index contributed by atoms with van der Waals surface area (Å²) in [5.74, 6) is -0.139. The fourth-order valence-corrected chi connectivity index (χ4v) is 4.44. The number of nitrogens with zero attached hydrogens (tertiary/aromatic N) is 2. The first-order chi connectivity index (χ1) is 14.0. The van der Waals surface area contributed by atoms with Gasteiger partial charge >= 0.3 is 0 Å². The summed E-state index contributed by atoms with van der Waals surface area (Å²) >= 11 is 1.42. The zero-order chi connectivity index (χ0) is 20.4. The number of thiazole rings is 1. The minimum Gasteiger partial charge on any atom is -0.493 e. The van der Waals surface area contributed by atoms with E-state index in [-0.39, 0.29) is 29.6 Å². The average Bonchev–Trinajstić information content (AvgIpc) is 3.36. The highest BCUT2D eigenvalue weighted by Gasteiger charge is 2.25. The largest absolute Gasteiger partial charge is 0.493 e. The van der Waals surface area contributed by atoms with E-state index in [2.05, 4.69) is 20.7 Å². The van der Waals surface area contributed by atoms with Gasteiger partial charge in [0.1, 0.15) is 11.9 Å². The van der Waals surface area contributed by atoms with Crippen molar-refractivity contribution in [3.63, 3.8) is 0 Å². The second-order valence-corrected chi connectivity index (χ2v) is 8.10. The maximum Gasteiger partial charge on any atom is 0.223 e. The average molecular weight is 418 g/mol. The number of benzene rings is 1. The molecule has 1 amide bonds. The zero-order valence-corrected chi connectivity index (χ0v) is 16.8. The molecule has 2 aliphatic heterocycles. The van der Waals surface area contributed by atoms with Crippen LogP contribution in [0.25, 0.3) is 5.70 Å². The van der Waals surface area contributed by atoms with Crippen LogP contribution >= 0.6 is 11.3 Å². The van der Waals surface area contributed by atoms with E-state index in [0.717, 1.165) is 36.6 Å². The monoisotopic (exact) mass is 418 g/mol. The predicted molar refractivity (Wildman–Crippen MR) is 109 cm³/mol. The van der Waals surface area contributed by atoms with Gasteiger partial charge in [0.15, 0.2) is 5.13 Å². The molecule has 9 heteroatoms. The molecular weight excluding hydrogens is 395 g/mol. The van der Waals surface area contributed by atoms with Crippen molar-refractivity contribution in [1.82, 2.24) is 15.8 Å². The summed E-state index contributed by atoms with van der Waals surface area (Å²) in [6, 6.07) is 5.28. The Balaban J connectivity index is 1.39. The zero-order valence-electron chi connectivity index (χ0n) is 16.0. The number of rotatable bonds is 5. The smallest absolute Gasteiger partial charge is 0.223 e. The second-order valence-electron chi connectivity index (χ2n) is 7.26. The first-order valence-corrected chi connectivity index (χ1v) is 10.4. The molecule has 1 aromatic heterocycles. The molecule has 2 aromatic rings. The van der Waals surface area contributed by atoms with Crippen LogP contribution in [0.1, 0.15) is 36.8 Å². The van der Waals surface area contributed by atoms with E-state index < -0.39 is 0 Å². The van der Waals surface area contributed by atoms with E-state index in [1.165, 1.54) is 24.3 Å². The van der Waals surface area contributed by atoms with Gasteiger partial charge in [0.25, 0.3) is 0 Å². The van der Waals surface area contributed by atoms with Crippen LogP contribution in [0, 0.1) is 5.82 Å². The van der Waals surface area contributed by atoms with Gasteiger partial charge in [-0.25, -0.2) is 4.39 Å². The highest BCUT2D eigenvalue weighted by molar-refractivity contribution is 7.13. The van der Waals surface area contributed by atoms with Gasteiger partial charge in [-0.15, -0.1) is 11.3 Å². The van der Waals surface area contributed by atoms with E-state index >= 15 is 0 Å². The normalized spacial score (nSPS) is 19.7. The maximum atomic E-state index is 14.9. The van der Waals surface area contributed by atoms with E-state index in [0.29, 0.717) is 17.8 Å². The molecule has 29 heavy (non-hydrogen) atoms. The quantitative estimate of drug-likeness (QED) is 0.692. The van der Waals surface area contributed by atoms with Gasteiger partial charge in [0.05, 0.1) is 17.6 Å². The number of aromatic hydroxyl groups is 1. The number of hydroxylamine groups is 1. The number of piperidine rings is 1. The number of hydrogen-bond acceptors (Lipinski definition) is 7. The summed E-state index contributed by atoms with van der Waals surface area (Å²) in [6.07, 6.45) is 3.22. The van der Waals surface area contributed by atoms with Crippen molar-refractivity contribution < 1.29 is 19.1 Å². The highest BCUT2D eigenvalue weighted by Crippen LogP contribution is 2.34. The molecule has 2 aliphatic rings. The number of carbonyl (C=O) groups is 1. The molecule has 1 aromatic carbocycles. The van der Waals surface area contributed by atoms with Crippen molar-refractivity contribution in [3.05, 3.63) is 46.6 Å². The summed E-state index contributed by atoms with van der Waals surface area (Å²) in [5, 5.41) is 14.5. The van der Waals surface area contributed by atoms with E-state index in [1.54, 1.807) is 5.38 Å². The first-order valence-electron chi connectivity index (χ1n) is 9.57. The Morgan fingerprint density at radius 2 is 2.24 bits per heavy atom. The molecular formula is C20H23FN4O3S. The van der Waals surface area contributed by atoms with Crippen LogP contribution in [0.4, 0.5) is 9.52 Å². The van der Waals surface area contributed by atoms with Crippen molar-refractivity contribution in [3.8, 4) is 5.88 Å². The number of hydrogen-bond donors (Lipinski definition) is 3. The van der Waals surface area contributed by atoms with Crippen LogP contribution in [-0.2, 0) is 9.63 Å². The van der Waals surface area contributed by atoms with Gasteiger partial charge in [-0.3, -0.25) is 15.1 Å². The molecule has 0 spiro atoms. The summed E-state index contributed by atoms with van der Waals surface area (Å²) in [7, 11) is 0. The number of carbonyl (C=O) groups excluding carboxylic acids is 1. The van der Waals surface area contributed by atoms with Crippen LogP contribution in [0.5, 0.6) is 5.88 Å². The first kappa shape index (κ1) is 19.7. The Morgan fingerprint density at radius 1 is 1.45 bits per heavy atom. The fraction of sp³-hybridized carbons (Fsp3) is 0.400. The van der Waals surface area contributed by atoms with Gasteiger partial charge in [-0.05, 0) is 36.5 Å². The van der Waals surface area contributed by atoms with Crippen LogP contribution in [0.2, 0.25) is 0 Å². The lowest BCUT2D eigenvalue weighted by atomic mass is 9.88. The van der Waals surface area contributed by atoms with Crippen LogP contribution in [0.3, 0.4) is 0 Å². The van der Waals surface area contributed by atoms with Crippen LogP contribution < -0.4 is 15.7 Å². The number of halogens is 1. The second kappa shape index (κ2) is 8.38. The molecule has 0 radical (unpaired) electrons. The Kier molecular flexibility index (Phi) is 5.68. The van der Waals surface area contributed by atoms with Gasteiger partial charge in [-0.2, -0.15) is 4.98 Å². The van der Waals surface area contributed by atoms with Gasteiger partial charge < -0.3 is 15.3 Å². The summed E-state index contributed by atoms with van der Waals surface area (Å²) in [6.45, 7) is 3.38. The van der Waals surface area contributed by atoms with E-state index in [1.807, 2.05) is 18.2 Å². The minimum atomic E-state index is -0.286. The summed E-state index contributed by atoms with van der Waals surface area (Å²) in [4.78, 5) is 22.7. The van der Waals surface area contributed by atoms with Crippen molar-refractivity contribution in [2.24, 2.45) is 0 Å². The predicted octanol–water partition coefficient (Wildman–Crippen LogP) is 2.75. The van der Waals surface area contributed by atoms with Crippen LogP contribution in [-0.4, -0.2) is 41.7 Å². The summed E-state index contributed by atoms with van der Waals surface area (Å²) < 4.78 is 14.9. The molecule has 7 nitrogen and oxygen atoms in total. The molecule has 4 rings (SSSR count). The Hall–Kier alpha value is -2.65. The van der Waals surface area contributed by atoms with Gasteiger partial charge in [-0.1, -0.05) is 12.1 Å². The van der Waals surface area contributed by atoms with Crippen molar-refractivity contribution in [1.29, 1.82) is 0 Å². The third-order valence-corrected chi connectivity index (χ3v) is 6.11. The van der Waals surface area contributed by atoms with Gasteiger partial charge in [0.2, 0.25) is 11.8 Å². The summed E-state index contributed by atoms with van der Waals surface area (Å²) in [5.41, 5.74) is 4.95. The number of anilines is 1. The van der Waals surface area contributed by atoms with E-state index in [4.69, 9.17) is 4.84 Å². The van der Waals surface area contributed by atoms with Crippen molar-refractivity contribution >= 4 is 28.1 Å². The Bertz CT molecular complexity index is 924. The molecule has 154 valence electrons. The highest BCUT2D eigenvalue weighted by atomic mass is 32.1. The third kappa shape index (κ3) is 4.51. The Labute approximate surface area is 172 Å². The fourth-order valence-electron chi connectivity index (χ4n) is 3.70. The maximum absolute atomic E-state index is 14.9. The van der Waals surface area contributed by atoms with Gasteiger partial charge in [0, 0.05) is 25.6 Å². The molecule has 0 aliphatic carbocycles. The molecule has 1 unspecified atom stereocenters. The molecule has 1 fully saturated rings. The lowest BCUT2D eigenvalue weighted by Crippen LogP contribution is -2.33. The SMILES string of the molecule is CC(=O)NCC1C=C(c2ccc(C3CCN(c4nc(O)cs4)CC3)c(F)c2)NO1. The minimum absolute atomic E-state index is 0.0480. The number of amides is 1. The molecule has 0 bridgehead atoms. The van der Waals surface area contributed by atoms with Crippen molar-refractivity contribution in [2.75, 3.05) is 24.5 Å². The topological polar surface area (TPSA) is 86.7 Å². The lowest BCUT2D eigenvalue weighted by molar-refractivity contribution is -0.119. The number of nitrogens with one attached hydrogen (secondary N) is 2. The molecule has 1 atom stereocenters. The van der Waals surface area contributed by atoms with Crippen molar-refractivity contribution in [2.45, 2.75) is 31.8 Å². The number of aromatic nitrogens is 1. The standard InChI is InChI=1S/C20H23FN4O3S/c1-12(26)22-10-15-9-18(24-28-15)14-2-3-16(17(21)8-14)13-4-6-25(7-5-13)20-23-19(27)11-29-20/h2-3,8-9,11,13,15,24,27H,4-7,10H2,1H3,(H,22,26). The lowest BCUT2D eigenvalue weighted by Gasteiger charge is -2.32. The van der Waals surface area contributed by atoms with E-state index in [9.17, 15) is 14.3 Å². The third-order valence-electron chi connectivity index (χ3n) is 5.22. The molecule has 1 saturated heterocycles.